The highest BCUT2D eigenvalue weighted by atomic mass is 16.4. The fraction of sp³-hybridized carbons (Fsp3) is 0.750. The third-order valence-electron chi connectivity index (χ3n) is 5.01. The molecule has 118 valence electrons. The van der Waals surface area contributed by atoms with Crippen LogP contribution in [0.1, 0.15) is 45.4 Å². The predicted octanol–water partition coefficient (Wildman–Crippen LogP) is 1.71. The van der Waals surface area contributed by atoms with E-state index in [-0.39, 0.29) is 12.5 Å². The van der Waals surface area contributed by atoms with Crippen LogP contribution in [0.15, 0.2) is 12.2 Å². The maximum Gasteiger partial charge on any atom is 0.307 e. The van der Waals surface area contributed by atoms with Crippen molar-refractivity contribution in [3.8, 4) is 0 Å². The highest BCUT2D eigenvalue weighted by Gasteiger charge is 2.40. The van der Waals surface area contributed by atoms with Crippen LogP contribution >= 0.6 is 0 Å². The van der Waals surface area contributed by atoms with Gasteiger partial charge in [0.25, 0.3) is 0 Å². The van der Waals surface area contributed by atoms with Crippen molar-refractivity contribution in [2.45, 2.75) is 51.0 Å². The van der Waals surface area contributed by atoms with E-state index in [0.717, 1.165) is 25.7 Å². The Kier molecular flexibility index (Phi) is 5.04. The lowest BCUT2D eigenvalue weighted by Gasteiger charge is -2.40. The number of carbonyl (C=O) groups excluding carboxylic acids is 1. The van der Waals surface area contributed by atoms with Crippen LogP contribution in [-0.4, -0.2) is 34.2 Å². The minimum absolute atomic E-state index is 0.0776. The molecule has 0 heterocycles. The molecule has 5 heteroatoms. The Morgan fingerprint density at radius 2 is 1.76 bits per heavy atom. The van der Waals surface area contributed by atoms with Crippen molar-refractivity contribution >= 4 is 11.9 Å². The summed E-state index contributed by atoms with van der Waals surface area (Å²) in [5.41, 5.74) is -0.562. The van der Waals surface area contributed by atoms with E-state index in [0.29, 0.717) is 18.8 Å². The first-order valence-electron chi connectivity index (χ1n) is 7.78. The highest BCUT2D eigenvalue weighted by molar-refractivity contribution is 5.85. The van der Waals surface area contributed by atoms with Crippen LogP contribution in [0.5, 0.6) is 0 Å². The molecule has 1 fully saturated rings. The second-order valence-electron chi connectivity index (χ2n) is 6.60. The molecule has 2 rings (SSSR count). The van der Waals surface area contributed by atoms with E-state index in [9.17, 15) is 19.8 Å². The molecule has 0 aromatic carbocycles. The van der Waals surface area contributed by atoms with Crippen LogP contribution in [0.3, 0.4) is 0 Å². The van der Waals surface area contributed by atoms with Gasteiger partial charge in [-0.3, -0.25) is 9.59 Å². The van der Waals surface area contributed by atoms with Crippen molar-refractivity contribution in [3.05, 3.63) is 12.2 Å². The molecule has 0 radical (unpaired) electrons. The summed E-state index contributed by atoms with van der Waals surface area (Å²) in [6.07, 6.45) is 8.04. The minimum atomic E-state index is -0.921. The molecule has 0 unspecified atom stereocenters. The molecule has 1 saturated carbocycles. The van der Waals surface area contributed by atoms with Gasteiger partial charge >= 0.3 is 5.97 Å². The number of carbonyl (C=O) groups is 2. The predicted molar refractivity (Wildman–Crippen MR) is 78.6 cm³/mol. The zero-order valence-corrected chi connectivity index (χ0v) is 12.5. The fourth-order valence-electron chi connectivity index (χ4n) is 3.37. The third-order valence-corrected chi connectivity index (χ3v) is 5.01. The van der Waals surface area contributed by atoms with Gasteiger partial charge in [-0.05, 0) is 44.4 Å². The largest absolute Gasteiger partial charge is 0.481 e. The highest BCUT2D eigenvalue weighted by Crippen LogP contribution is 2.33. The Balaban J connectivity index is 2.05. The monoisotopic (exact) mass is 295 g/mol. The number of allylic oxidation sites excluding steroid dienone is 2. The van der Waals surface area contributed by atoms with Gasteiger partial charge in [0.1, 0.15) is 0 Å². The number of carboxylic acid groups (broad SMARTS) is 1. The topological polar surface area (TPSA) is 86.6 Å². The normalized spacial score (nSPS) is 36.2. The molecule has 0 aliphatic heterocycles. The van der Waals surface area contributed by atoms with Gasteiger partial charge in [-0.1, -0.05) is 19.1 Å². The van der Waals surface area contributed by atoms with Gasteiger partial charge in [-0.2, -0.15) is 0 Å². The second kappa shape index (κ2) is 6.60. The lowest BCUT2D eigenvalue weighted by atomic mass is 9.76. The molecular formula is C16H25NO4. The minimum Gasteiger partial charge on any atom is -0.481 e. The number of aliphatic carboxylic acids is 1. The van der Waals surface area contributed by atoms with Gasteiger partial charge < -0.3 is 15.5 Å². The quantitative estimate of drug-likeness (QED) is 0.689. The van der Waals surface area contributed by atoms with Gasteiger partial charge in [0.05, 0.1) is 24.0 Å². The first kappa shape index (κ1) is 16.0. The number of hydrogen-bond donors (Lipinski definition) is 3. The van der Waals surface area contributed by atoms with Crippen LogP contribution in [-0.2, 0) is 9.59 Å². The number of carboxylic acids is 1. The number of aliphatic hydroxyl groups is 1. The van der Waals surface area contributed by atoms with Crippen molar-refractivity contribution in [3.63, 3.8) is 0 Å². The van der Waals surface area contributed by atoms with Crippen molar-refractivity contribution in [1.29, 1.82) is 0 Å². The van der Waals surface area contributed by atoms with Crippen LogP contribution in [0.4, 0.5) is 0 Å². The number of rotatable bonds is 4. The molecule has 0 spiro atoms. The van der Waals surface area contributed by atoms with E-state index in [4.69, 9.17) is 0 Å². The average molecular weight is 295 g/mol. The first-order valence-corrected chi connectivity index (χ1v) is 7.78. The summed E-state index contributed by atoms with van der Waals surface area (Å²) in [5, 5.41) is 21.9. The van der Waals surface area contributed by atoms with E-state index in [2.05, 4.69) is 12.2 Å². The average Bonchev–Trinajstić information content (AvgIpc) is 2.49. The molecule has 0 aromatic rings. The summed E-state index contributed by atoms with van der Waals surface area (Å²) < 4.78 is 0. The molecule has 1 amide bonds. The Bertz CT molecular complexity index is 424. The first-order chi connectivity index (χ1) is 9.97. The Labute approximate surface area is 125 Å². The summed E-state index contributed by atoms with van der Waals surface area (Å²) in [6, 6.07) is 0. The van der Waals surface area contributed by atoms with Crippen molar-refractivity contribution < 1.29 is 19.8 Å². The molecule has 0 saturated heterocycles. The van der Waals surface area contributed by atoms with Crippen LogP contribution < -0.4 is 5.32 Å². The van der Waals surface area contributed by atoms with Crippen molar-refractivity contribution in [1.82, 2.24) is 5.32 Å². The lowest BCUT2D eigenvalue weighted by molar-refractivity contribution is -0.148. The van der Waals surface area contributed by atoms with Gasteiger partial charge in [0.15, 0.2) is 0 Å². The fourth-order valence-corrected chi connectivity index (χ4v) is 3.37. The Morgan fingerprint density at radius 3 is 2.29 bits per heavy atom. The molecule has 21 heavy (non-hydrogen) atoms. The maximum atomic E-state index is 12.5. The van der Waals surface area contributed by atoms with Gasteiger partial charge in [0.2, 0.25) is 5.91 Å². The summed E-state index contributed by atoms with van der Waals surface area (Å²) in [7, 11) is 0. The SMILES string of the molecule is CC1CCC(CO)(NC(=O)[C@@H]2CC=CC[C@@H]2C(=O)O)CC1. The number of nitrogens with one attached hydrogen (secondary N) is 1. The molecule has 0 bridgehead atoms. The summed E-state index contributed by atoms with van der Waals surface area (Å²) >= 11 is 0. The third kappa shape index (κ3) is 3.64. The van der Waals surface area contributed by atoms with Crippen LogP contribution in [0.2, 0.25) is 0 Å². The van der Waals surface area contributed by atoms with Crippen LogP contribution in [0, 0.1) is 17.8 Å². The Hall–Kier alpha value is -1.36. The molecule has 5 nitrogen and oxygen atoms in total. The van der Waals surface area contributed by atoms with E-state index in [1.54, 1.807) is 0 Å². The zero-order chi connectivity index (χ0) is 15.5. The van der Waals surface area contributed by atoms with Crippen molar-refractivity contribution in [2.75, 3.05) is 6.61 Å². The van der Waals surface area contributed by atoms with E-state index in [1.165, 1.54) is 0 Å². The van der Waals surface area contributed by atoms with Gasteiger partial charge in [0, 0.05) is 0 Å². The molecule has 2 aliphatic carbocycles. The van der Waals surface area contributed by atoms with E-state index < -0.39 is 23.3 Å². The molecule has 2 atom stereocenters. The summed E-state index contributed by atoms with van der Waals surface area (Å²) in [4.78, 5) is 23.8. The number of aliphatic hydroxyl groups excluding tert-OH is 1. The maximum absolute atomic E-state index is 12.5. The van der Waals surface area contributed by atoms with E-state index in [1.807, 2.05) is 12.2 Å². The molecule has 3 N–H and O–H groups in total. The zero-order valence-electron chi connectivity index (χ0n) is 12.5. The lowest BCUT2D eigenvalue weighted by Crippen LogP contribution is -2.56. The van der Waals surface area contributed by atoms with Gasteiger partial charge in [-0.25, -0.2) is 0 Å². The molecule has 0 aromatic heterocycles. The van der Waals surface area contributed by atoms with Crippen molar-refractivity contribution in [2.24, 2.45) is 17.8 Å². The van der Waals surface area contributed by atoms with Crippen LogP contribution in [0.25, 0.3) is 0 Å². The number of amides is 1. The molecular weight excluding hydrogens is 270 g/mol. The Morgan fingerprint density at radius 1 is 1.19 bits per heavy atom. The summed E-state index contributed by atoms with van der Waals surface area (Å²) in [6.45, 7) is 2.10. The van der Waals surface area contributed by atoms with E-state index >= 15 is 0 Å². The standard InChI is InChI=1S/C16H25NO4/c1-11-6-8-16(10-18,9-7-11)17-14(19)12-4-2-3-5-13(12)15(20)21/h2-3,11-13,18H,4-10H2,1H3,(H,17,19)(H,20,21)/t11?,12-,13+,16?/m1/s1. The second-order valence-corrected chi connectivity index (χ2v) is 6.60. The molecule has 2 aliphatic rings. The van der Waals surface area contributed by atoms with Gasteiger partial charge in [-0.15, -0.1) is 0 Å². The number of hydrogen-bond acceptors (Lipinski definition) is 3. The smallest absolute Gasteiger partial charge is 0.307 e. The summed E-state index contributed by atoms with van der Waals surface area (Å²) in [5.74, 6) is -1.72.